The molecule has 2 aromatic rings. The second-order valence-corrected chi connectivity index (χ2v) is 7.57. The van der Waals surface area contributed by atoms with Gasteiger partial charge in [0.15, 0.2) is 5.84 Å². The number of hydrazine groups is 1. The number of anilines is 1. The van der Waals surface area contributed by atoms with Gasteiger partial charge in [-0.1, -0.05) is 54.6 Å². The van der Waals surface area contributed by atoms with E-state index in [1.165, 1.54) is 17.7 Å². The van der Waals surface area contributed by atoms with E-state index in [2.05, 4.69) is 26.9 Å². The molecule has 2 rings (SSSR count). The Morgan fingerprint density at radius 3 is 2.53 bits per heavy atom. The van der Waals surface area contributed by atoms with Crippen molar-refractivity contribution in [1.29, 1.82) is 0 Å². The number of hydrogen-bond donors (Lipinski definition) is 3. The van der Waals surface area contributed by atoms with Crippen molar-refractivity contribution in [3.05, 3.63) is 82.9 Å². The molecule has 0 atom stereocenters. The largest absolute Gasteiger partial charge is 0.383 e. The normalized spacial score (nSPS) is 12.9. The van der Waals surface area contributed by atoms with E-state index < -0.39 is 12.5 Å². The maximum absolute atomic E-state index is 14.2. The van der Waals surface area contributed by atoms with Crippen molar-refractivity contribution in [2.24, 2.45) is 10.8 Å². The Bertz CT molecular complexity index is 1030. The van der Waals surface area contributed by atoms with Crippen LogP contribution in [0.2, 0.25) is 0 Å². The van der Waals surface area contributed by atoms with Gasteiger partial charge < -0.3 is 16.1 Å². The molecule has 0 spiro atoms. The number of nitrogens with one attached hydrogen (secondary N) is 1. The third-order valence-corrected chi connectivity index (χ3v) is 4.81. The zero-order valence-corrected chi connectivity index (χ0v) is 18.8. The molecular formula is C23H27ClF2N6. The van der Waals surface area contributed by atoms with Crippen LogP contribution in [0.1, 0.15) is 17.5 Å². The third kappa shape index (κ3) is 6.98. The van der Waals surface area contributed by atoms with Gasteiger partial charge in [0.05, 0.1) is 16.3 Å². The minimum absolute atomic E-state index is 0.0661. The number of aliphatic imine (C=N–C) groups is 1. The Kier molecular flexibility index (Phi) is 9.52. The minimum Gasteiger partial charge on any atom is -0.383 e. The van der Waals surface area contributed by atoms with E-state index in [9.17, 15) is 8.78 Å². The Labute approximate surface area is 192 Å². The number of aromatic nitrogens is 1. The van der Waals surface area contributed by atoms with Crippen LogP contribution in [0.3, 0.4) is 0 Å². The average Bonchev–Trinajstić information content (AvgIpc) is 2.77. The van der Waals surface area contributed by atoms with Crippen LogP contribution >= 0.6 is 11.6 Å². The number of nitrogens with two attached hydrogens (primary N) is 2. The summed E-state index contributed by atoms with van der Waals surface area (Å²) >= 11 is 6.02. The molecular weight excluding hydrogens is 434 g/mol. The van der Waals surface area contributed by atoms with Gasteiger partial charge >= 0.3 is 0 Å². The van der Waals surface area contributed by atoms with E-state index in [1.807, 2.05) is 38.4 Å². The highest BCUT2D eigenvalue weighted by molar-refractivity contribution is 6.32. The summed E-state index contributed by atoms with van der Waals surface area (Å²) in [6, 6.07) is 9.82. The number of nitrogens with zero attached hydrogens (tertiary/aromatic N) is 3. The predicted molar refractivity (Wildman–Crippen MR) is 128 cm³/mol. The van der Waals surface area contributed by atoms with Crippen LogP contribution in [0.15, 0.2) is 76.8 Å². The summed E-state index contributed by atoms with van der Waals surface area (Å²) in [5.41, 5.74) is 11.7. The van der Waals surface area contributed by atoms with Crippen LogP contribution < -0.4 is 17.0 Å². The summed E-state index contributed by atoms with van der Waals surface area (Å²) in [6.45, 7) is 3.83. The monoisotopic (exact) mass is 460 g/mol. The zero-order valence-electron chi connectivity index (χ0n) is 18.1. The van der Waals surface area contributed by atoms with E-state index in [4.69, 9.17) is 23.2 Å². The van der Waals surface area contributed by atoms with Crippen molar-refractivity contribution in [1.82, 2.24) is 15.3 Å². The molecule has 0 aliphatic carbocycles. The lowest BCUT2D eigenvalue weighted by Gasteiger charge is -2.12. The molecule has 5 N–H and O–H groups in total. The fraction of sp³-hybridized carbons (Fsp3) is 0.217. The van der Waals surface area contributed by atoms with E-state index in [0.29, 0.717) is 5.56 Å². The Balaban J connectivity index is 2.35. The van der Waals surface area contributed by atoms with Gasteiger partial charge in [0.1, 0.15) is 18.3 Å². The molecule has 1 aromatic heterocycles. The highest BCUT2D eigenvalue weighted by Gasteiger charge is 2.13. The number of amidine groups is 1. The molecule has 1 heterocycles. The minimum atomic E-state index is -0.695. The lowest BCUT2D eigenvalue weighted by Crippen LogP contribution is -2.32. The van der Waals surface area contributed by atoms with E-state index in [1.54, 1.807) is 12.3 Å². The van der Waals surface area contributed by atoms with Gasteiger partial charge in [0, 0.05) is 24.7 Å². The molecule has 0 aliphatic rings. The van der Waals surface area contributed by atoms with Crippen molar-refractivity contribution >= 4 is 23.3 Å². The molecule has 0 bridgehead atoms. The van der Waals surface area contributed by atoms with Crippen molar-refractivity contribution in [2.45, 2.75) is 13.0 Å². The highest BCUT2D eigenvalue weighted by atomic mass is 35.5. The lowest BCUT2D eigenvalue weighted by molar-refractivity contribution is 0.402. The van der Waals surface area contributed by atoms with Gasteiger partial charge in [0.2, 0.25) is 0 Å². The number of rotatable bonds is 9. The van der Waals surface area contributed by atoms with Crippen molar-refractivity contribution in [3.8, 4) is 11.1 Å². The maximum atomic E-state index is 14.2. The molecule has 9 heteroatoms. The van der Waals surface area contributed by atoms with Gasteiger partial charge in [-0.25, -0.2) is 24.6 Å². The molecule has 0 amide bonds. The number of allylic oxidation sites excluding steroid dienone is 4. The maximum Gasteiger partial charge on any atom is 0.151 e. The molecule has 0 saturated heterocycles. The first-order valence-electron chi connectivity index (χ1n) is 9.76. The van der Waals surface area contributed by atoms with E-state index >= 15 is 0 Å². The van der Waals surface area contributed by atoms with Gasteiger partial charge in [-0.2, -0.15) is 0 Å². The number of halogens is 3. The molecule has 32 heavy (non-hydrogen) atoms. The summed E-state index contributed by atoms with van der Waals surface area (Å²) in [4.78, 5) is 10.5. The predicted octanol–water partition coefficient (Wildman–Crippen LogP) is 4.45. The fourth-order valence-corrected chi connectivity index (χ4v) is 2.96. The van der Waals surface area contributed by atoms with Crippen LogP contribution in [-0.2, 0) is 6.54 Å². The second kappa shape index (κ2) is 12.1. The first-order valence-corrected chi connectivity index (χ1v) is 10.1. The molecule has 0 unspecified atom stereocenters. The molecule has 0 saturated carbocycles. The highest BCUT2D eigenvalue weighted by Crippen LogP contribution is 2.26. The van der Waals surface area contributed by atoms with Gasteiger partial charge in [-0.3, -0.25) is 0 Å². The number of alkyl halides is 1. The molecule has 0 radical (unpaired) electrons. The lowest BCUT2D eigenvalue weighted by atomic mass is 10.0. The van der Waals surface area contributed by atoms with Crippen molar-refractivity contribution in [2.75, 3.05) is 26.5 Å². The van der Waals surface area contributed by atoms with Gasteiger partial charge in [-0.05, 0) is 31.3 Å². The smallest absolute Gasteiger partial charge is 0.151 e. The quantitative estimate of drug-likeness (QED) is 0.128. The van der Waals surface area contributed by atoms with Gasteiger partial charge in [-0.15, -0.1) is 0 Å². The van der Waals surface area contributed by atoms with Crippen LogP contribution in [0, 0.1) is 0 Å². The number of nitrogen functional groups attached to an aromatic ring is 1. The summed E-state index contributed by atoms with van der Waals surface area (Å²) in [7, 11) is 4.01. The van der Waals surface area contributed by atoms with Crippen molar-refractivity contribution < 1.29 is 8.78 Å². The van der Waals surface area contributed by atoms with Crippen molar-refractivity contribution in [3.63, 3.8) is 0 Å². The Hall–Kier alpha value is -3.07. The third-order valence-electron chi connectivity index (χ3n) is 4.39. The molecule has 1 aromatic carbocycles. The topological polar surface area (TPSA) is 92.6 Å². The first kappa shape index (κ1) is 25.2. The standard InChI is InChI=1S/C23H27ClF2N6/c1-15(21(24)20(26)6-4-5-11-25)30-23(31-28)19-12-18(13-29-22(19)27)17-9-7-16(8-10-17)14-32(2)3/h4-5,7-10,12-13H,1,6,11,14,28H2,2-3H3,(H2,27,29)(H,30,31)/b5-4-,21-20-. The summed E-state index contributed by atoms with van der Waals surface area (Å²) in [5, 5.41) is -0.291. The summed E-state index contributed by atoms with van der Waals surface area (Å²) in [5.74, 6) is 5.24. The van der Waals surface area contributed by atoms with Crippen LogP contribution in [0.5, 0.6) is 0 Å². The Morgan fingerprint density at radius 1 is 1.25 bits per heavy atom. The molecule has 0 aliphatic heterocycles. The Morgan fingerprint density at radius 2 is 1.94 bits per heavy atom. The molecule has 0 fully saturated rings. The first-order chi connectivity index (χ1) is 15.3. The number of hydrogen-bond acceptors (Lipinski definition) is 5. The van der Waals surface area contributed by atoms with Crippen LogP contribution in [0.25, 0.3) is 11.1 Å². The van der Waals surface area contributed by atoms with Gasteiger partial charge in [0.25, 0.3) is 0 Å². The van der Waals surface area contributed by atoms with Crippen LogP contribution in [0.4, 0.5) is 14.6 Å². The second-order valence-electron chi connectivity index (χ2n) is 7.19. The number of pyridine rings is 1. The van der Waals surface area contributed by atoms with E-state index in [-0.39, 0.29) is 28.8 Å². The summed E-state index contributed by atoms with van der Waals surface area (Å²) in [6.07, 6.45) is 3.98. The fourth-order valence-electron chi connectivity index (χ4n) is 2.84. The molecule has 6 nitrogen and oxygen atoms in total. The average molecular weight is 461 g/mol. The molecule has 170 valence electrons. The summed E-state index contributed by atoms with van der Waals surface area (Å²) < 4.78 is 26.3. The number of benzene rings is 1. The SMILES string of the molecule is C=C(N=C(NN)c1cc(-c2ccc(CN(C)C)cc2)cnc1N)/C(Cl)=C(/F)C/C=C\CF. The zero-order chi connectivity index (χ0) is 23.7. The van der Waals surface area contributed by atoms with Crippen LogP contribution in [-0.4, -0.2) is 36.5 Å². The van der Waals surface area contributed by atoms with E-state index in [0.717, 1.165) is 17.7 Å².